The molecule has 0 aliphatic carbocycles. The van der Waals surface area contributed by atoms with E-state index in [0.29, 0.717) is 18.3 Å². The number of rotatable bonds is 7. The van der Waals surface area contributed by atoms with E-state index >= 15 is 0 Å². The number of likely N-dealkylation sites (tertiary alicyclic amines) is 1. The van der Waals surface area contributed by atoms with E-state index in [1.54, 1.807) is 30.6 Å². The summed E-state index contributed by atoms with van der Waals surface area (Å²) in [5, 5.41) is 10.5. The van der Waals surface area contributed by atoms with E-state index in [4.69, 9.17) is 9.73 Å². The Kier molecular flexibility index (Phi) is 7.62. The molecule has 0 spiro atoms. The standard InChI is InChI=1S/C26H31FN4O2/c1-3-4-6-18(2)22(32)17-31-15-11-19(12-16-31)24-23(25-28-13-5-14-29-25)30-26(33-24)20-7-9-21(27)10-8-20/h3-10,13-14,19,22-24,32H,11-12,15-17H2,1-2H3. The monoisotopic (exact) mass is 450 g/mol. The van der Waals surface area contributed by atoms with Crippen LogP contribution in [-0.2, 0) is 4.74 Å². The fraction of sp³-hybridized carbons (Fsp3) is 0.423. The smallest absolute Gasteiger partial charge is 0.217 e. The molecule has 2 aliphatic heterocycles. The zero-order valence-electron chi connectivity index (χ0n) is 19.1. The number of aliphatic hydroxyl groups is 1. The van der Waals surface area contributed by atoms with Crippen LogP contribution in [0.25, 0.3) is 0 Å². The zero-order valence-corrected chi connectivity index (χ0v) is 19.1. The molecule has 3 unspecified atom stereocenters. The first-order valence-electron chi connectivity index (χ1n) is 11.5. The fourth-order valence-electron chi connectivity index (χ4n) is 4.39. The largest absolute Gasteiger partial charge is 0.471 e. The van der Waals surface area contributed by atoms with Crippen molar-refractivity contribution in [2.24, 2.45) is 10.9 Å². The molecule has 3 heterocycles. The van der Waals surface area contributed by atoms with E-state index in [-0.39, 0.29) is 23.9 Å². The number of ether oxygens (including phenoxy) is 1. The molecule has 2 aromatic rings. The maximum atomic E-state index is 13.4. The van der Waals surface area contributed by atoms with Crippen LogP contribution in [0.2, 0.25) is 0 Å². The lowest BCUT2D eigenvalue weighted by atomic mass is 9.87. The molecule has 33 heavy (non-hydrogen) atoms. The van der Waals surface area contributed by atoms with Crippen molar-refractivity contribution in [3.63, 3.8) is 0 Å². The summed E-state index contributed by atoms with van der Waals surface area (Å²) in [6, 6.07) is 7.70. The number of aliphatic hydroxyl groups excluding tert-OH is 1. The van der Waals surface area contributed by atoms with Crippen molar-refractivity contribution < 1.29 is 14.2 Å². The van der Waals surface area contributed by atoms with Crippen molar-refractivity contribution in [2.75, 3.05) is 19.6 Å². The van der Waals surface area contributed by atoms with Gasteiger partial charge in [-0.3, -0.25) is 0 Å². The molecule has 6 nitrogen and oxygen atoms in total. The number of piperidine rings is 1. The molecular weight excluding hydrogens is 419 g/mol. The van der Waals surface area contributed by atoms with Gasteiger partial charge in [0.2, 0.25) is 5.90 Å². The lowest BCUT2D eigenvalue weighted by Crippen LogP contribution is -2.42. The van der Waals surface area contributed by atoms with Crippen LogP contribution >= 0.6 is 0 Å². The van der Waals surface area contributed by atoms with Gasteiger partial charge in [0.05, 0.1) is 6.10 Å². The molecule has 174 valence electrons. The summed E-state index contributed by atoms with van der Waals surface area (Å²) in [5.74, 6) is 1.15. The van der Waals surface area contributed by atoms with Gasteiger partial charge >= 0.3 is 0 Å². The minimum Gasteiger partial charge on any atom is -0.471 e. The van der Waals surface area contributed by atoms with E-state index in [2.05, 4.69) is 14.9 Å². The third-order valence-corrected chi connectivity index (χ3v) is 6.36. The van der Waals surface area contributed by atoms with Gasteiger partial charge in [-0.2, -0.15) is 0 Å². The minimum atomic E-state index is -0.473. The summed E-state index contributed by atoms with van der Waals surface area (Å²) < 4.78 is 19.7. The van der Waals surface area contributed by atoms with Crippen LogP contribution in [0.4, 0.5) is 4.39 Å². The van der Waals surface area contributed by atoms with Crippen LogP contribution in [0.3, 0.4) is 0 Å². The van der Waals surface area contributed by atoms with Crippen molar-refractivity contribution in [3.05, 3.63) is 83.7 Å². The van der Waals surface area contributed by atoms with Crippen LogP contribution in [-0.4, -0.2) is 57.7 Å². The van der Waals surface area contributed by atoms with Crippen molar-refractivity contribution in [1.82, 2.24) is 14.9 Å². The van der Waals surface area contributed by atoms with Crippen molar-refractivity contribution in [2.45, 2.75) is 44.9 Å². The van der Waals surface area contributed by atoms with Crippen molar-refractivity contribution in [1.29, 1.82) is 0 Å². The third kappa shape index (κ3) is 5.72. The lowest BCUT2D eigenvalue weighted by Gasteiger charge is -2.36. The Morgan fingerprint density at radius 2 is 1.91 bits per heavy atom. The highest BCUT2D eigenvalue weighted by Crippen LogP contribution is 2.37. The predicted molar refractivity (Wildman–Crippen MR) is 126 cm³/mol. The summed E-state index contributed by atoms with van der Waals surface area (Å²) in [4.78, 5) is 16.0. The van der Waals surface area contributed by atoms with Gasteiger partial charge in [0.25, 0.3) is 0 Å². The maximum absolute atomic E-state index is 13.4. The lowest BCUT2D eigenvalue weighted by molar-refractivity contribution is 0.0526. The molecule has 3 atom stereocenters. The average molecular weight is 451 g/mol. The molecule has 1 aromatic carbocycles. The Morgan fingerprint density at radius 3 is 2.58 bits per heavy atom. The molecule has 0 saturated carbocycles. The first-order chi connectivity index (χ1) is 16.0. The topological polar surface area (TPSA) is 70.8 Å². The highest BCUT2D eigenvalue weighted by atomic mass is 19.1. The van der Waals surface area contributed by atoms with Gasteiger partial charge in [0, 0.05) is 30.4 Å². The van der Waals surface area contributed by atoms with Crippen LogP contribution in [0.1, 0.15) is 44.1 Å². The Balaban J connectivity index is 1.44. The van der Waals surface area contributed by atoms with E-state index in [1.807, 2.05) is 32.1 Å². The number of allylic oxidation sites excluding steroid dienone is 3. The number of nitrogens with zero attached hydrogens (tertiary/aromatic N) is 4. The first-order valence-corrected chi connectivity index (χ1v) is 11.5. The summed E-state index contributed by atoms with van der Waals surface area (Å²) in [7, 11) is 0. The Labute approximate surface area is 194 Å². The number of aromatic nitrogens is 2. The summed E-state index contributed by atoms with van der Waals surface area (Å²) in [5.41, 5.74) is 1.72. The van der Waals surface area contributed by atoms with Gasteiger partial charge in [-0.05, 0) is 75.7 Å². The van der Waals surface area contributed by atoms with Crippen LogP contribution in [0, 0.1) is 11.7 Å². The van der Waals surface area contributed by atoms with Gasteiger partial charge in [0.15, 0.2) is 11.9 Å². The van der Waals surface area contributed by atoms with E-state index in [0.717, 1.165) is 37.1 Å². The third-order valence-electron chi connectivity index (χ3n) is 6.36. The van der Waals surface area contributed by atoms with Gasteiger partial charge in [-0.15, -0.1) is 0 Å². The quantitative estimate of drug-likeness (QED) is 0.643. The average Bonchev–Trinajstić information content (AvgIpc) is 3.29. The summed E-state index contributed by atoms with van der Waals surface area (Å²) >= 11 is 0. The molecular formula is C26H31FN4O2. The summed E-state index contributed by atoms with van der Waals surface area (Å²) in [6.07, 6.45) is 10.5. The molecule has 0 bridgehead atoms. The van der Waals surface area contributed by atoms with Gasteiger partial charge in [-0.25, -0.2) is 19.4 Å². The second kappa shape index (κ2) is 10.8. The second-order valence-electron chi connectivity index (χ2n) is 8.67. The second-order valence-corrected chi connectivity index (χ2v) is 8.67. The van der Waals surface area contributed by atoms with E-state index in [9.17, 15) is 9.50 Å². The molecule has 7 heteroatoms. The summed E-state index contributed by atoms with van der Waals surface area (Å²) in [6.45, 7) is 6.31. The Morgan fingerprint density at radius 1 is 1.21 bits per heavy atom. The van der Waals surface area contributed by atoms with Crippen molar-refractivity contribution in [3.8, 4) is 0 Å². The molecule has 1 aromatic heterocycles. The number of benzene rings is 1. The molecule has 4 rings (SSSR count). The van der Waals surface area contributed by atoms with Gasteiger partial charge < -0.3 is 14.7 Å². The first kappa shape index (κ1) is 23.3. The predicted octanol–water partition coefficient (Wildman–Crippen LogP) is 4.10. The zero-order chi connectivity index (χ0) is 23.2. The van der Waals surface area contributed by atoms with Crippen LogP contribution in [0.5, 0.6) is 0 Å². The normalized spacial score (nSPS) is 23.5. The number of aliphatic imine (C=N–C) groups is 1. The number of hydrogen-bond acceptors (Lipinski definition) is 6. The SMILES string of the molecule is CC=CC=C(C)C(O)CN1CCC(C2OC(c3ccc(F)cc3)=NC2c2ncccn2)CC1. The highest BCUT2D eigenvalue weighted by molar-refractivity contribution is 5.95. The molecule has 1 fully saturated rings. The molecule has 1 N–H and O–H groups in total. The van der Waals surface area contributed by atoms with Gasteiger partial charge in [0.1, 0.15) is 11.9 Å². The maximum Gasteiger partial charge on any atom is 0.217 e. The molecule has 0 amide bonds. The van der Waals surface area contributed by atoms with Crippen LogP contribution < -0.4 is 0 Å². The van der Waals surface area contributed by atoms with E-state index < -0.39 is 6.10 Å². The number of halogens is 1. The fourth-order valence-corrected chi connectivity index (χ4v) is 4.39. The highest BCUT2D eigenvalue weighted by Gasteiger charge is 2.41. The van der Waals surface area contributed by atoms with Gasteiger partial charge in [-0.1, -0.05) is 18.2 Å². The molecule has 0 radical (unpaired) electrons. The minimum absolute atomic E-state index is 0.171. The number of β-amino-alcohol motifs (C(OH)–C–C–N with tert-alkyl or cyclic N) is 1. The molecule has 1 saturated heterocycles. The Hall–Kier alpha value is -2.90. The molecule has 2 aliphatic rings. The van der Waals surface area contributed by atoms with Crippen LogP contribution in [0.15, 0.2) is 71.5 Å². The Bertz CT molecular complexity index is 999. The number of hydrogen-bond donors (Lipinski definition) is 1. The van der Waals surface area contributed by atoms with Crippen molar-refractivity contribution >= 4 is 5.90 Å². The van der Waals surface area contributed by atoms with E-state index in [1.165, 1.54) is 12.1 Å².